The molecule has 0 N–H and O–H groups in total. The van der Waals surface area contributed by atoms with E-state index in [9.17, 15) is 14.4 Å². The van der Waals surface area contributed by atoms with E-state index >= 15 is 0 Å². The van der Waals surface area contributed by atoms with Gasteiger partial charge in [0.25, 0.3) is 0 Å². The monoisotopic (exact) mass is 891 g/mol. The fourth-order valence-corrected chi connectivity index (χ4v) is 8.58. The molecule has 0 aromatic heterocycles. The fourth-order valence-electron chi connectivity index (χ4n) is 8.58. The summed E-state index contributed by atoms with van der Waals surface area (Å²) in [6.07, 6.45) is 49.3. The molecule has 0 aliphatic heterocycles. The highest BCUT2D eigenvalue weighted by atomic mass is 16.6. The Labute approximate surface area is 393 Å². The number of ether oxygens (including phenoxy) is 3. The molecule has 374 valence electrons. The second-order valence-corrected chi connectivity index (χ2v) is 20.5. The van der Waals surface area contributed by atoms with Crippen LogP contribution in [0, 0.1) is 17.8 Å². The molecule has 6 nitrogen and oxygen atoms in total. The second kappa shape index (κ2) is 48.3. The van der Waals surface area contributed by atoms with Crippen LogP contribution in [0.5, 0.6) is 0 Å². The van der Waals surface area contributed by atoms with Crippen molar-refractivity contribution in [3.05, 3.63) is 0 Å². The number of hydrogen-bond donors (Lipinski definition) is 0. The van der Waals surface area contributed by atoms with Gasteiger partial charge in [0.15, 0.2) is 6.10 Å². The molecule has 0 amide bonds. The van der Waals surface area contributed by atoms with Crippen molar-refractivity contribution in [1.82, 2.24) is 0 Å². The minimum absolute atomic E-state index is 0.0642. The average Bonchev–Trinajstić information content (AvgIpc) is 3.27. The van der Waals surface area contributed by atoms with Crippen molar-refractivity contribution in [3.63, 3.8) is 0 Å². The molecule has 3 atom stereocenters. The summed E-state index contributed by atoms with van der Waals surface area (Å²) in [7, 11) is 0. The lowest BCUT2D eigenvalue weighted by atomic mass is 9.99. The topological polar surface area (TPSA) is 78.9 Å². The molecule has 0 heterocycles. The number of rotatable bonds is 50. The molecule has 0 rings (SSSR count). The average molecular weight is 892 g/mol. The van der Waals surface area contributed by atoms with Crippen LogP contribution in [0.4, 0.5) is 0 Å². The molecular formula is C57H110O6. The Hall–Kier alpha value is -1.59. The highest BCUT2D eigenvalue weighted by Crippen LogP contribution is 2.19. The Bertz CT molecular complexity index is 980. The maximum atomic E-state index is 12.8. The summed E-state index contributed by atoms with van der Waals surface area (Å²) in [6, 6.07) is 0. The summed E-state index contributed by atoms with van der Waals surface area (Å²) in [5.41, 5.74) is 0. The van der Waals surface area contributed by atoms with Crippen LogP contribution < -0.4 is 0 Å². The summed E-state index contributed by atoms with van der Waals surface area (Å²) in [4.78, 5) is 38.1. The predicted molar refractivity (Wildman–Crippen MR) is 270 cm³/mol. The summed E-state index contributed by atoms with van der Waals surface area (Å²) in [5.74, 6) is 1.74. The van der Waals surface area contributed by atoms with Gasteiger partial charge in [-0.25, -0.2) is 0 Å². The van der Waals surface area contributed by atoms with Gasteiger partial charge >= 0.3 is 17.9 Å². The second-order valence-electron chi connectivity index (χ2n) is 20.5. The molecule has 0 radical (unpaired) electrons. The largest absolute Gasteiger partial charge is 0.462 e. The van der Waals surface area contributed by atoms with Crippen molar-refractivity contribution in [2.45, 2.75) is 317 Å². The van der Waals surface area contributed by atoms with Crippen LogP contribution in [-0.2, 0) is 28.6 Å². The van der Waals surface area contributed by atoms with E-state index in [1.165, 1.54) is 193 Å². The first-order valence-electron chi connectivity index (χ1n) is 28.2. The van der Waals surface area contributed by atoms with E-state index < -0.39 is 6.10 Å². The molecule has 2 unspecified atom stereocenters. The number of esters is 3. The quantitative estimate of drug-likeness (QED) is 0.0344. The first-order chi connectivity index (χ1) is 30.7. The maximum Gasteiger partial charge on any atom is 0.306 e. The van der Waals surface area contributed by atoms with Gasteiger partial charge in [-0.3, -0.25) is 14.4 Å². The summed E-state index contributed by atoms with van der Waals surface area (Å²) in [6.45, 7) is 13.8. The minimum atomic E-state index is -0.763. The lowest BCUT2D eigenvalue weighted by molar-refractivity contribution is -0.167. The zero-order chi connectivity index (χ0) is 46.3. The Kier molecular flexibility index (Phi) is 47.1. The van der Waals surface area contributed by atoms with Gasteiger partial charge < -0.3 is 14.2 Å². The van der Waals surface area contributed by atoms with Crippen molar-refractivity contribution in [2.24, 2.45) is 17.8 Å². The van der Waals surface area contributed by atoms with Crippen molar-refractivity contribution in [1.29, 1.82) is 0 Å². The van der Waals surface area contributed by atoms with Crippen LogP contribution in [0.15, 0.2) is 0 Å². The number of unbranched alkanes of at least 4 members (excludes halogenated alkanes) is 31. The van der Waals surface area contributed by atoms with Crippen LogP contribution in [0.25, 0.3) is 0 Å². The van der Waals surface area contributed by atoms with Crippen LogP contribution in [0.2, 0.25) is 0 Å². The smallest absolute Gasteiger partial charge is 0.306 e. The Morgan fingerprint density at radius 2 is 0.556 bits per heavy atom. The van der Waals surface area contributed by atoms with Gasteiger partial charge in [-0.05, 0) is 37.0 Å². The van der Waals surface area contributed by atoms with Crippen molar-refractivity contribution < 1.29 is 28.6 Å². The molecule has 0 aliphatic carbocycles. The van der Waals surface area contributed by atoms with Crippen LogP contribution in [0.3, 0.4) is 0 Å². The highest BCUT2D eigenvalue weighted by Gasteiger charge is 2.19. The lowest BCUT2D eigenvalue weighted by Crippen LogP contribution is -2.30. The zero-order valence-corrected chi connectivity index (χ0v) is 43.4. The molecule has 0 aromatic carbocycles. The van der Waals surface area contributed by atoms with E-state index in [4.69, 9.17) is 14.2 Å². The van der Waals surface area contributed by atoms with Crippen LogP contribution >= 0.6 is 0 Å². The maximum absolute atomic E-state index is 12.8. The number of carbonyl (C=O) groups excluding carboxylic acids is 3. The molecule has 0 bridgehead atoms. The Morgan fingerprint density at radius 3 is 0.825 bits per heavy atom. The molecule has 0 saturated heterocycles. The first kappa shape index (κ1) is 61.4. The molecule has 0 aliphatic rings. The number of hydrogen-bond acceptors (Lipinski definition) is 6. The third kappa shape index (κ3) is 48.2. The Balaban J connectivity index is 4.32. The molecule has 63 heavy (non-hydrogen) atoms. The van der Waals surface area contributed by atoms with Gasteiger partial charge in [0.1, 0.15) is 13.2 Å². The molecule has 0 fully saturated rings. The molecule has 0 aromatic rings. The first-order valence-corrected chi connectivity index (χ1v) is 28.2. The van der Waals surface area contributed by atoms with Gasteiger partial charge in [-0.1, -0.05) is 273 Å². The summed E-state index contributed by atoms with van der Waals surface area (Å²) >= 11 is 0. The molecule has 6 heteroatoms. The van der Waals surface area contributed by atoms with Crippen molar-refractivity contribution >= 4 is 17.9 Å². The highest BCUT2D eigenvalue weighted by molar-refractivity contribution is 5.71. The van der Waals surface area contributed by atoms with Gasteiger partial charge in [0, 0.05) is 19.3 Å². The normalized spacial score (nSPS) is 13.0. The fraction of sp³-hybridized carbons (Fsp3) is 0.947. The Morgan fingerprint density at radius 1 is 0.317 bits per heavy atom. The molecule has 0 saturated carbocycles. The molecule has 0 spiro atoms. The standard InChI is InChI=1S/C57H110O6/c1-7-52(5)44-38-32-26-20-13-11-9-10-12-14-24-30-36-42-48-57(60)63-54(49-61-55(58)46-40-34-28-22-17-15-19-25-31-37-43-51(3)4)50-62-56(59)47-41-35-29-23-18-16-21-27-33-39-45-53(6)8-2/h51-54H,7-50H2,1-6H3/t52?,53?,54-/m1/s1. The van der Waals surface area contributed by atoms with Crippen molar-refractivity contribution in [2.75, 3.05) is 13.2 Å². The summed E-state index contributed by atoms with van der Waals surface area (Å²) < 4.78 is 16.9. The van der Waals surface area contributed by atoms with E-state index in [0.717, 1.165) is 75.5 Å². The van der Waals surface area contributed by atoms with E-state index in [2.05, 4.69) is 41.5 Å². The van der Waals surface area contributed by atoms with E-state index in [1.54, 1.807) is 0 Å². The van der Waals surface area contributed by atoms with Gasteiger partial charge in [-0.2, -0.15) is 0 Å². The van der Waals surface area contributed by atoms with E-state index in [0.29, 0.717) is 19.3 Å². The lowest BCUT2D eigenvalue weighted by Gasteiger charge is -2.18. The van der Waals surface area contributed by atoms with Crippen LogP contribution in [0.1, 0.15) is 311 Å². The van der Waals surface area contributed by atoms with Gasteiger partial charge in [0.2, 0.25) is 0 Å². The van der Waals surface area contributed by atoms with Gasteiger partial charge in [0.05, 0.1) is 0 Å². The third-order valence-electron chi connectivity index (χ3n) is 13.6. The third-order valence-corrected chi connectivity index (χ3v) is 13.6. The molecular weight excluding hydrogens is 781 g/mol. The SMILES string of the molecule is CCC(C)CCCCCCCCCCCCCCCCC(=O)O[C@H](COC(=O)CCCCCCCCCCCCC(C)C)COC(=O)CCCCCCCCCCCCC(C)CC. The predicted octanol–water partition coefficient (Wildman–Crippen LogP) is 18.3. The zero-order valence-electron chi connectivity index (χ0n) is 43.4. The number of carbonyl (C=O) groups is 3. The minimum Gasteiger partial charge on any atom is -0.462 e. The van der Waals surface area contributed by atoms with Gasteiger partial charge in [-0.15, -0.1) is 0 Å². The van der Waals surface area contributed by atoms with Crippen molar-refractivity contribution in [3.8, 4) is 0 Å². The van der Waals surface area contributed by atoms with E-state index in [-0.39, 0.29) is 31.1 Å². The summed E-state index contributed by atoms with van der Waals surface area (Å²) in [5, 5.41) is 0. The van der Waals surface area contributed by atoms with Crippen LogP contribution in [-0.4, -0.2) is 37.2 Å². The van der Waals surface area contributed by atoms with E-state index in [1.807, 2.05) is 0 Å².